The van der Waals surface area contributed by atoms with E-state index in [4.69, 9.17) is 14.0 Å². The Morgan fingerprint density at radius 2 is 2.09 bits per heavy atom. The fourth-order valence-corrected chi connectivity index (χ4v) is 2.56. The van der Waals surface area contributed by atoms with Crippen LogP contribution in [-0.2, 0) is 16.1 Å². The van der Waals surface area contributed by atoms with Gasteiger partial charge in [-0.05, 0) is 30.5 Å². The van der Waals surface area contributed by atoms with Gasteiger partial charge >= 0.3 is 5.97 Å². The molecule has 2 aromatic heterocycles. The van der Waals surface area contributed by atoms with Gasteiger partial charge in [-0.1, -0.05) is 28.9 Å². The molecule has 0 fully saturated rings. The Bertz CT molecular complexity index is 762. The van der Waals surface area contributed by atoms with Crippen LogP contribution in [0.25, 0.3) is 10.6 Å². The van der Waals surface area contributed by atoms with Crippen LogP contribution < -0.4 is 4.74 Å². The largest absolute Gasteiger partial charge is 0.482 e. The number of hydrogen-bond donors (Lipinski definition) is 0. The molecule has 2 heterocycles. The SMILES string of the molecule is Cc1ccc(OCC(=O)OCc2cc(-c3cccs3)on2)cc1. The number of carbonyl (C=O) groups excluding carboxylic acids is 1. The van der Waals surface area contributed by atoms with Crippen molar-refractivity contribution in [2.24, 2.45) is 0 Å². The first-order chi connectivity index (χ1) is 11.2. The average Bonchev–Trinajstić information content (AvgIpc) is 3.23. The summed E-state index contributed by atoms with van der Waals surface area (Å²) in [7, 11) is 0. The molecule has 3 aromatic rings. The number of aryl methyl sites for hydroxylation is 1. The molecule has 3 rings (SSSR count). The van der Waals surface area contributed by atoms with Crippen molar-refractivity contribution in [3.63, 3.8) is 0 Å². The van der Waals surface area contributed by atoms with Crippen molar-refractivity contribution in [1.82, 2.24) is 5.16 Å². The van der Waals surface area contributed by atoms with E-state index in [9.17, 15) is 4.79 Å². The van der Waals surface area contributed by atoms with Gasteiger partial charge in [-0.15, -0.1) is 11.3 Å². The Morgan fingerprint density at radius 3 is 2.83 bits per heavy atom. The molecule has 0 spiro atoms. The molecule has 0 saturated carbocycles. The van der Waals surface area contributed by atoms with Crippen molar-refractivity contribution in [2.45, 2.75) is 13.5 Å². The molecule has 0 aliphatic carbocycles. The summed E-state index contributed by atoms with van der Waals surface area (Å²) in [5.74, 6) is 0.849. The van der Waals surface area contributed by atoms with E-state index in [1.807, 2.05) is 48.7 Å². The first-order valence-corrected chi connectivity index (χ1v) is 7.93. The molecular weight excluding hydrogens is 314 g/mol. The van der Waals surface area contributed by atoms with Crippen molar-refractivity contribution in [2.75, 3.05) is 6.61 Å². The highest BCUT2D eigenvalue weighted by atomic mass is 32.1. The van der Waals surface area contributed by atoms with Gasteiger partial charge in [0.1, 0.15) is 18.1 Å². The lowest BCUT2D eigenvalue weighted by Crippen LogP contribution is -2.14. The number of rotatable bonds is 6. The highest BCUT2D eigenvalue weighted by molar-refractivity contribution is 7.13. The van der Waals surface area contributed by atoms with Crippen LogP contribution in [-0.4, -0.2) is 17.7 Å². The number of carbonyl (C=O) groups is 1. The Morgan fingerprint density at radius 1 is 1.26 bits per heavy atom. The minimum atomic E-state index is -0.453. The van der Waals surface area contributed by atoms with Gasteiger partial charge < -0.3 is 14.0 Å². The van der Waals surface area contributed by atoms with Gasteiger partial charge in [0, 0.05) is 6.07 Å². The number of esters is 1. The van der Waals surface area contributed by atoms with Crippen LogP contribution in [0.4, 0.5) is 0 Å². The molecule has 0 unspecified atom stereocenters. The van der Waals surface area contributed by atoms with Crippen LogP contribution in [0.2, 0.25) is 0 Å². The lowest BCUT2D eigenvalue weighted by atomic mass is 10.2. The Kier molecular flexibility index (Phi) is 4.73. The van der Waals surface area contributed by atoms with Gasteiger partial charge in [0.05, 0.1) is 4.88 Å². The number of nitrogens with zero attached hydrogens (tertiary/aromatic N) is 1. The van der Waals surface area contributed by atoms with E-state index in [1.54, 1.807) is 17.4 Å². The zero-order valence-electron chi connectivity index (χ0n) is 12.5. The summed E-state index contributed by atoms with van der Waals surface area (Å²) in [6.07, 6.45) is 0. The normalized spacial score (nSPS) is 10.5. The summed E-state index contributed by atoms with van der Waals surface area (Å²) in [6.45, 7) is 1.91. The predicted octanol–water partition coefficient (Wildman–Crippen LogP) is 3.83. The second-order valence-corrected chi connectivity index (χ2v) is 5.87. The standard InChI is InChI=1S/C17H15NO4S/c1-12-4-6-14(7-5-12)20-11-17(19)21-10-13-9-15(22-18-13)16-3-2-8-23-16/h2-9H,10-11H2,1H3. The van der Waals surface area contributed by atoms with Gasteiger partial charge in [0.25, 0.3) is 0 Å². The fraction of sp³-hybridized carbons (Fsp3) is 0.176. The van der Waals surface area contributed by atoms with E-state index in [0.717, 1.165) is 10.4 Å². The van der Waals surface area contributed by atoms with Gasteiger partial charge in [0.2, 0.25) is 0 Å². The molecule has 6 heteroatoms. The number of hydrogen-bond acceptors (Lipinski definition) is 6. The van der Waals surface area contributed by atoms with E-state index >= 15 is 0 Å². The first-order valence-electron chi connectivity index (χ1n) is 7.05. The third-order valence-corrected chi connectivity index (χ3v) is 3.97. The Balaban J connectivity index is 1.46. The molecule has 0 radical (unpaired) electrons. The summed E-state index contributed by atoms with van der Waals surface area (Å²) in [5.41, 5.74) is 1.70. The molecular formula is C17H15NO4S. The van der Waals surface area contributed by atoms with Gasteiger partial charge in [-0.2, -0.15) is 0 Å². The third-order valence-electron chi connectivity index (χ3n) is 3.08. The number of thiophene rings is 1. The predicted molar refractivity (Wildman–Crippen MR) is 86.3 cm³/mol. The summed E-state index contributed by atoms with van der Waals surface area (Å²) in [4.78, 5) is 12.7. The second kappa shape index (κ2) is 7.11. The van der Waals surface area contributed by atoms with Crippen molar-refractivity contribution < 1.29 is 18.8 Å². The third kappa shape index (κ3) is 4.20. The molecule has 0 aliphatic heterocycles. The zero-order valence-corrected chi connectivity index (χ0v) is 13.3. The summed E-state index contributed by atoms with van der Waals surface area (Å²) in [6, 6.07) is 13.1. The molecule has 1 aromatic carbocycles. The minimum absolute atomic E-state index is 0.0605. The van der Waals surface area contributed by atoms with Gasteiger partial charge in [-0.25, -0.2) is 4.79 Å². The Hall–Kier alpha value is -2.60. The van der Waals surface area contributed by atoms with Crippen LogP contribution >= 0.6 is 11.3 Å². The molecule has 118 valence electrons. The van der Waals surface area contributed by atoms with Crippen LogP contribution in [0.5, 0.6) is 5.75 Å². The molecule has 0 bridgehead atoms. The van der Waals surface area contributed by atoms with E-state index < -0.39 is 5.97 Å². The van der Waals surface area contributed by atoms with Gasteiger partial charge in [-0.3, -0.25) is 0 Å². The molecule has 23 heavy (non-hydrogen) atoms. The van der Waals surface area contributed by atoms with Gasteiger partial charge in [0.15, 0.2) is 12.4 Å². The van der Waals surface area contributed by atoms with E-state index in [1.165, 1.54) is 0 Å². The minimum Gasteiger partial charge on any atom is -0.482 e. The van der Waals surface area contributed by atoms with E-state index in [2.05, 4.69) is 5.16 Å². The maximum Gasteiger partial charge on any atom is 0.344 e. The average molecular weight is 329 g/mol. The number of ether oxygens (including phenoxy) is 2. The molecule has 0 N–H and O–H groups in total. The first kappa shape index (κ1) is 15.3. The smallest absolute Gasteiger partial charge is 0.344 e. The number of benzene rings is 1. The fourth-order valence-electron chi connectivity index (χ4n) is 1.89. The van der Waals surface area contributed by atoms with E-state index in [-0.39, 0.29) is 13.2 Å². The highest BCUT2D eigenvalue weighted by Gasteiger charge is 2.10. The van der Waals surface area contributed by atoms with Crippen LogP contribution in [0.1, 0.15) is 11.3 Å². The van der Waals surface area contributed by atoms with Crippen LogP contribution in [0, 0.1) is 6.92 Å². The summed E-state index contributed by atoms with van der Waals surface area (Å²) in [5, 5.41) is 5.84. The molecule has 0 aliphatic rings. The number of aromatic nitrogens is 1. The monoisotopic (exact) mass is 329 g/mol. The molecule has 0 atom stereocenters. The second-order valence-electron chi connectivity index (χ2n) is 4.92. The maximum absolute atomic E-state index is 11.7. The van der Waals surface area contributed by atoms with Crippen LogP contribution in [0.3, 0.4) is 0 Å². The topological polar surface area (TPSA) is 61.6 Å². The van der Waals surface area contributed by atoms with Crippen molar-refractivity contribution in [3.05, 3.63) is 59.1 Å². The molecule has 0 amide bonds. The van der Waals surface area contributed by atoms with Crippen LogP contribution in [0.15, 0.2) is 52.4 Å². The summed E-state index contributed by atoms with van der Waals surface area (Å²) < 4.78 is 15.7. The van der Waals surface area contributed by atoms with Crippen molar-refractivity contribution >= 4 is 17.3 Å². The van der Waals surface area contributed by atoms with Crippen molar-refractivity contribution in [3.8, 4) is 16.4 Å². The molecule has 0 saturated heterocycles. The lowest BCUT2D eigenvalue weighted by molar-refractivity contribution is -0.147. The summed E-state index contributed by atoms with van der Waals surface area (Å²) >= 11 is 1.56. The zero-order chi connectivity index (χ0) is 16.1. The van der Waals surface area contributed by atoms with Crippen molar-refractivity contribution in [1.29, 1.82) is 0 Å². The van der Waals surface area contributed by atoms with E-state index in [0.29, 0.717) is 17.2 Å². The highest BCUT2D eigenvalue weighted by Crippen LogP contribution is 2.25. The lowest BCUT2D eigenvalue weighted by Gasteiger charge is -2.06. The maximum atomic E-state index is 11.7. The quantitative estimate of drug-likeness (QED) is 0.643. The Labute approximate surface area is 137 Å². The molecule has 5 nitrogen and oxygen atoms in total.